The minimum Gasteiger partial charge on any atom is -0.393 e. The van der Waals surface area contributed by atoms with Crippen molar-refractivity contribution in [3.63, 3.8) is 0 Å². The van der Waals surface area contributed by atoms with E-state index >= 15 is 0 Å². The summed E-state index contributed by atoms with van der Waals surface area (Å²) in [5, 5.41) is 0. The van der Waals surface area contributed by atoms with Crippen LogP contribution >= 0.6 is 28.1 Å². The fourth-order valence-electron chi connectivity index (χ4n) is 1.94. The number of hydrogen-bond donors (Lipinski definition) is 1. The molecule has 0 aliphatic rings. The van der Waals surface area contributed by atoms with Crippen LogP contribution in [0, 0.1) is 0 Å². The van der Waals surface area contributed by atoms with E-state index in [1.54, 1.807) is 12.4 Å². The lowest BCUT2D eigenvalue weighted by Gasteiger charge is -2.23. The van der Waals surface area contributed by atoms with Crippen LogP contribution in [0.25, 0.3) is 11.0 Å². The highest BCUT2D eigenvalue weighted by atomic mass is 79.9. The molecule has 0 aliphatic carbocycles. The van der Waals surface area contributed by atoms with Crippen LogP contribution in [0.15, 0.2) is 29.0 Å². The molecule has 0 aliphatic heterocycles. The summed E-state index contributed by atoms with van der Waals surface area (Å²) in [6, 6.07) is 3.94. The van der Waals surface area contributed by atoms with Crippen LogP contribution in [-0.4, -0.2) is 28.0 Å². The van der Waals surface area contributed by atoms with Gasteiger partial charge in [-0.05, 0) is 35.0 Å². The minimum atomic E-state index is 0.535. The summed E-state index contributed by atoms with van der Waals surface area (Å²) in [6.45, 7) is 3.77. The molecule has 0 saturated carbocycles. The van der Waals surface area contributed by atoms with E-state index in [0.717, 1.165) is 34.3 Å². The van der Waals surface area contributed by atoms with E-state index in [2.05, 4.69) is 37.7 Å². The molecule has 0 unspecified atom stereocenters. The minimum absolute atomic E-state index is 0.535. The van der Waals surface area contributed by atoms with Gasteiger partial charge in [0.2, 0.25) is 0 Å². The van der Waals surface area contributed by atoms with Crippen LogP contribution in [0.1, 0.15) is 13.3 Å². The van der Waals surface area contributed by atoms with E-state index in [-0.39, 0.29) is 0 Å². The molecule has 2 aromatic heterocycles. The maximum atomic E-state index is 5.58. The van der Waals surface area contributed by atoms with Gasteiger partial charge in [-0.3, -0.25) is 9.97 Å². The Morgan fingerprint density at radius 1 is 1.47 bits per heavy atom. The molecule has 0 bridgehead atoms. The van der Waals surface area contributed by atoms with Crippen LogP contribution < -0.4 is 10.6 Å². The molecule has 0 aromatic carbocycles. The topological polar surface area (TPSA) is 55.0 Å². The lowest BCUT2D eigenvalue weighted by atomic mass is 10.2. The highest BCUT2D eigenvalue weighted by molar-refractivity contribution is 9.10. The number of halogens is 1. The molecular formula is C13H15BrN4S. The summed E-state index contributed by atoms with van der Waals surface area (Å²) < 4.78 is 0.927. The molecule has 19 heavy (non-hydrogen) atoms. The van der Waals surface area contributed by atoms with E-state index in [0.29, 0.717) is 11.4 Å². The number of fused-ring (bicyclic) bond motifs is 1. The molecule has 6 heteroatoms. The van der Waals surface area contributed by atoms with Crippen molar-refractivity contribution in [1.82, 2.24) is 9.97 Å². The predicted molar refractivity (Wildman–Crippen MR) is 86.5 cm³/mol. The quantitative estimate of drug-likeness (QED) is 0.849. The molecule has 0 atom stereocenters. The molecule has 0 spiro atoms. The van der Waals surface area contributed by atoms with Crippen molar-refractivity contribution in [1.29, 1.82) is 0 Å². The lowest BCUT2D eigenvalue weighted by Crippen LogP contribution is -2.27. The molecular weight excluding hydrogens is 324 g/mol. The second kappa shape index (κ2) is 6.25. The van der Waals surface area contributed by atoms with Gasteiger partial charge in [0.25, 0.3) is 0 Å². The fourth-order valence-corrected chi connectivity index (χ4v) is 2.35. The van der Waals surface area contributed by atoms with Crippen molar-refractivity contribution in [2.75, 3.05) is 18.0 Å². The second-order valence-electron chi connectivity index (χ2n) is 4.15. The van der Waals surface area contributed by atoms with Crippen molar-refractivity contribution < 1.29 is 0 Å². The Labute approximate surface area is 126 Å². The normalized spacial score (nSPS) is 10.6. The third-order valence-corrected chi connectivity index (χ3v) is 3.51. The highest BCUT2D eigenvalue weighted by Gasteiger charge is 2.10. The zero-order valence-corrected chi connectivity index (χ0v) is 13.0. The summed E-state index contributed by atoms with van der Waals surface area (Å²) in [5.41, 5.74) is 8.42. The van der Waals surface area contributed by atoms with Gasteiger partial charge in [0.15, 0.2) is 0 Å². The molecule has 0 radical (unpaired) electrons. The molecule has 2 heterocycles. The van der Waals surface area contributed by atoms with Crippen LogP contribution in [-0.2, 0) is 0 Å². The van der Waals surface area contributed by atoms with Gasteiger partial charge < -0.3 is 10.6 Å². The Bertz CT molecular complexity index is 602. The molecule has 0 saturated heterocycles. The Balaban J connectivity index is 2.39. The zero-order valence-electron chi connectivity index (χ0n) is 10.6. The summed E-state index contributed by atoms with van der Waals surface area (Å²) in [7, 11) is 0. The molecule has 2 N–H and O–H groups in total. The van der Waals surface area contributed by atoms with Crippen molar-refractivity contribution in [2.45, 2.75) is 13.3 Å². The smallest absolute Gasteiger partial charge is 0.112 e. The Morgan fingerprint density at radius 2 is 2.26 bits per heavy atom. The Morgan fingerprint density at radius 3 is 2.95 bits per heavy atom. The van der Waals surface area contributed by atoms with E-state index < -0.39 is 0 Å². The van der Waals surface area contributed by atoms with Gasteiger partial charge in [0.1, 0.15) is 5.52 Å². The average Bonchev–Trinajstić information content (AvgIpc) is 2.38. The number of hydrogen-bond acceptors (Lipinski definition) is 4. The third kappa shape index (κ3) is 3.39. The van der Waals surface area contributed by atoms with Crippen LogP contribution in [0.4, 0.5) is 5.69 Å². The first-order chi connectivity index (χ1) is 9.11. The van der Waals surface area contributed by atoms with Crippen LogP contribution in [0.2, 0.25) is 0 Å². The molecule has 2 aromatic rings. The molecule has 0 fully saturated rings. The van der Waals surface area contributed by atoms with E-state index in [4.69, 9.17) is 18.0 Å². The van der Waals surface area contributed by atoms with Crippen molar-refractivity contribution in [3.05, 3.63) is 29.0 Å². The maximum absolute atomic E-state index is 5.58. The SMILES string of the molecule is CCN(CCC(N)=S)c1ccnc2cc(Br)cnc12. The first-order valence-corrected chi connectivity index (χ1v) is 7.25. The summed E-state index contributed by atoms with van der Waals surface area (Å²) in [6.07, 6.45) is 4.29. The second-order valence-corrected chi connectivity index (χ2v) is 5.59. The van der Waals surface area contributed by atoms with Crippen molar-refractivity contribution >= 4 is 49.9 Å². The maximum Gasteiger partial charge on any atom is 0.112 e. The Kier molecular flexibility index (Phi) is 4.66. The van der Waals surface area contributed by atoms with Crippen molar-refractivity contribution in [3.8, 4) is 0 Å². The van der Waals surface area contributed by atoms with Crippen LogP contribution in [0.3, 0.4) is 0 Å². The van der Waals surface area contributed by atoms with Gasteiger partial charge in [-0.15, -0.1) is 0 Å². The summed E-state index contributed by atoms with van der Waals surface area (Å²) in [4.78, 5) is 11.6. The van der Waals surface area contributed by atoms with E-state index in [9.17, 15) is 0 Å². The monoisotopic (exact) mass is 338 g/mol. The van der Waals surface area contributed by atoms with Crippen LogP contribution in [0.5, 0.6) is 0 Å². The first-order valence-electron chi connectivity index (χ1n) is 6.05. The number of nitrogens with zero attached hydrogens (tertiary/aromatic N) is 3. The fraction of sp³-hybridized carbons (Fsp3) is 0.308. The first kappa shape index (κ1) is 14.1. The summed E-state index contributed by atoms with van der Waals surface area (Å²) in [5.74, 6) is 0. The number of nitrogens with two attached hydrogens (primary N) is 1. The highest BCUT2D eigenvalue weighted by Crippen LogP contribution is 2.25. The van der Waals surface area contributed by atoms with Gasteiger partial charge in [-0.1, -0.05) is 12.2 Å². The van der Waals surface area contributed by atoms with E-state index in [1.165, 1.54) is 0 Å². The Hall–Kier alpha value is -1.27. The summed E-state index contributed by atoms with van der Waals surface area (Å²) >= 11 is 8.35. The third-order valence-electron chi connectivity index (χ3n) is 2.87. The number of anilines is 1. The number of thiocarbonyl (C=S) groups is 1. The number of rotatable bonds is 5. The lowest BCUT2D eigenvalue weighted by molar-refractivity contribution is 0.839. The zero-order chi connectivity index (χ0) is 13.8. The predicted octanol–water partition coefficient (Wildman–Crippen LogP) is 2.89. The molecule has 4 nitrogen and oxygen atoms in total. The molecule has 2 rings (SSSR count). The average molecular weight is 339 g/mol. The van der Waals surface area contributed by atoms with Gasteiger partial charge in [0.05, 0.1) is 16.2 Å². The van der Waals surface area contributed by atoms with Gasteiger partial charge in [-0.2, -0.15) is 0 Å². The standard InChI is InChI=1S/C13H15BrN4S/c1-2-18(6-4-12(15)19)11-3-5-16-10-7-9(14)8-17-13(10)11/h3,5,7-8H,2,4,6H2,1H3,(H2,15,19). The number of pyridine rings is 2. The van der Waals surface area contributed by atoms with Crippen molar-refractivity contribution in [2.24, 2.45) is 5.73 Å². The number of aromatic nitrogens is 2. The molecule has 100 valence electrons. The van der Waals surface area contributed by atoms with Gasteiger partial charge >= 0.3 is 0 Å². The van der Waals surface area contributed by atoms with Gasteiger partial charge in [0, 0.05) is 36.4 Å². The van der Waals surface area contributed by atoms with Gasteiger partial charge in [-0.25, -0.2) is 0 Å². The molecule has 0 amide bonds. The van der Waals surface area contributed by atoms with E-state index in [1.807, 2.05) is 12.1 Å². The largest absolute Gasteiger partial charge is 0.393 e.